The highest BCUT2D eigenvalue weighted by molar-refractivity contribution is 5.82. The lowest BCUT2D eigenvalue weighted by atomic mass is 9.96. The second-order valence-corrected chi connectivity index (χ2v) is 5.78. The molecule has 8 heteroatoms. The summed E-state index contributed by atoms with van der Waals surface area (Å²) in [6, 6.07) is -0.299. The van der Waals surface area contributed by atoms with E-state index in [-0.39, 0.29) is 29.7 Å². The van der Waals surface area contributed by atoms with Crippen LogP contribution in [-0.4, -0.2) is 50.4 Å². The van der Waals surface area contributed by atoms with Crippen molar-refractivity contribution in [2.45, 2.75) is 39.7 Å². The summed E-state index contributed by atoms with van der Waals surface area (Å²) in [5.74, 6) is 0.294. The summed E-state index contributed by atoms with van der Waals surface area (Å²) in [6.07, 6.45) is 1.65. The lowest BCUT2D eigenvalue weighted by Gasteiger charge is -2.33. The van der Waals surface area contributed by atoms with Gasteiger partial charge in [-0.2, -0.15) is 5.21 Å². The Morgan fingerprint density at radius 1 is 1.38 bits per heavy atom. The van der Waals surface area contributed by atoms with Gasteiger partial charge < -0.3 is 10.2 Å². The molecule has 21 heavy (non-hydrogen) atoms. The molecule has 0 bridgehead atoms. The van der Waals surface area contributed by atoms with E-state index in [9.17, 15) is 9.59 Å². The van der Waals surface area contributed by atoms with Gasteiger partial charge in [-0.25, -0.2) is 0 Å². The predicted octanol–water partition coefficient (Wildman–Crippen LogP) is 0.272. The maximum Gasteiger partial charge on any atom is 0.225 e. The van der Waals surface area contributed by atoms with E-state index in [0.717, 1.165) is 19.4 Å². The molecule has 2 unspecified atom stereocenters. The van der Waals surface area contributed by atoms with Crippen LogP contribution in [-0.2, 0) is 9.59 Å². The third-order valence-electron chi connectivity index (χ3n) is 3.71. The van der Waals surface area contributed by atoms with Gasteiger partial charge in [0.25, 0.3) is 0 Å². The Bertz CT molecular complexity index is 487. The number of rotatable bonds is 4. The van der Waals surface area contributed by atoms with Crippen molar-refractivity contribution in [2.75, 3.05) is 13.1 Å². The molecule has 2 amide bonds. The smallest absolute Gasteiger partial charge is 0.225 e. The fourth-order valence-corrected chi connectivity index (χ4v) is 2.51. The summed E-state index contributed by atoms with van der Waals surface area (Å²) in [5, 5.41) is 16.4. The number of carbonyl (C=O) groups excluding carboxylic acids is 2. The lowest BCUT2D eigenvalue weighted by Crippen LogP contribution is -2.47. The molecular formula is C13H22N6O2. The SMILES string of the molecule is CC(C)C(=O)N1CCCC(C(=O)NC(C)c2nn[nH]n2)C1. The quantitative estimate of drug-likeness (QED) is 0.829. The molecule has 1 saturated heterocycles. The zero-order valence-corrected chi connectivity index (χ0v) is 12.7. The number of nitrogens with one attached hydrogen (secondary N) is 2. The van der Waals surface area contributed by atoms with E-state index in [1.807, 2.05) is 20.8 Å². The Morgan fingerprint density at radius 3 is 2.76 bits per heavy atom. The molecule has 2 rings (SSSR count). The number of hydrogen-bond donors (Lipinski definition) is 2. The first-order chi connectivity index (χ1) is 9.99. The fraction of sp³-hybridized carbons (Fsp3) is 0.769. The molecule has 8 nitrogen and oxygen atoms in total. The number of carbonyl (C=O) groups is 2. The van der Waals surface area contributed by atoms with Crippen LogP contribution in [0.4, 0.5) is 0 Å². The number of amides is 2. The molecule has 0 aliphatic carbocycles. The van der Waals surface area contributed by atoms with Gasteiger partial charge in [0.1, 0.15) is 0 Å². The van der Waals surface area contributed by atoms with Crippen LogP contribution in [0, 0.1) is 11.8 Å². The maximum absolute atomic E-state index is 12.3. The fourth-order valence-electron chi connectivity index (χ4n) is 2.51. The van der Waals surface area contributed by atoms with Crippen molar-refractivity contribution in [1.82, 2.24) is 30.8 Å². The Labute approximate surface area is 123 Å². The van der Waals surface area contributed by atoms with E-state index in [4.69, 9.17) is 0 Å². The van der Waals surface area contributed by atoms with E-state index in [1.165, 1.54) is 0 Å². The summed E-state index contributed by atoms with van der Waals surface area (Å²) >= 11 is 0. The summed E-state index contributed by atoms with van der Waals surface area (Å²) < 4.78 is 0. The molecule has 1 aromatic rings. The average molecular weight is 294 g/mol. The topological polar surface area (TPSA) is 104 Å². The summed E-state index contributed by atoms with van der Waals surface area (Å²) in [7, 11) is 0. The number of piperidine rings is 1. The number of likely N-dealkylation sites (tertiary alicyclic amines) is 1. The van der Waals surface area contributed by atoms with Crippen LogP contribution in [0.2, 0.25) is 0 Å². The number of aromatic nitrogens is 4. The first-order valence-corrected chi connectivity index (χ1v) is 7.31. The minimum Gasteiger partial charge on any atom is -0.346 e. The molecule has 0 saturated carbocycles. The van der Waals surface area contributed by atoms with Crippen LogP contribution in [0.25, 0.3) is 0 Å². The molecule has 1 aromatic heterocycles. The molecule has 0 radical (unpaired) electrons. The van der Waals surface area contributed by atoms with Crippen LogP contribution in [0.1, 0.15) is 45.5 Å². The number of nitrogens with zero attached hydrogens (tertiary/aromatic N) is 4. The van der Waals surface area contributed by atoms with Crippen molar-refractivity contribution < 1.29 is 9.59 Å². The molecule has 1 aliphatic heterocycles. The van der Waals surface area contributed by atoms with Gasteiger partial charge in [-0.15, -0.1) is 10.2 Å². The molecule has 0 aromatic carbocycles. The summed E-state index contributed by atoms with van der Waals surface area (Å²) in [6.45, 7) is 6.79. The first-order valence-electron chi connectivity index (χ1n) is 7.31. The third kappa shape index (κ3) is 3.77. The minimum atomic E-state index is -0.299. The van der Waals surface area contributed by atoms with Crippen molar-refractivity contribution in [3.05, 3.63) is 5.82 Å². The highest BCUT2D eigenvalue weighted by Crippen LogP contribution is 2.19. The normalized spacial score (nSPS) is 20.4. The third-order valence-corrected chi connectivity index (χ3v) is 3.71. The van der Waals surface area contributed by atoms with Gasteiger partial charge >= 0.3 is 0 Å². The second-order valence-electron chi connectivity index (χ2n) is 5.78. The molecule has 1 fully saturated rings. The maximum atomic E-state index is 12.3. The van der Waals surface area contributed by atoms with Gasteiger partial charge in [0.15, 0.2) is 5.82 Å². The van der Waals surface area contributed by atoms with Crippen LogP contribution in [0.3, 0.4) is 0 Å². The van der Waals surface area contributed by atoms with E-state index in [2.05, 4.69) is 25.9 Å². The van der Waals surface area contributed by atoms with Crippen molar-refractivity contribution in [2.24, 2.45) is 11.8 Å². The monoisotopic (exact) mass is 294 g/mol. The van der Waals surface area contributed by atoms with Gasteiger partial charge in [0, 0.05) is 19.0 Å². The highest BCUT2D eigenvalue weighted by atomic mass is 16.2. The van der Waals surface area contributed by atoms with Crippen LogP contribution < -0.4 is 5.32 Å². The summed E-state index contributed by atoms with van der Waals surface area (Å²) in [5.41, 5.74) is 0. The van der Waals surface area contributed by atoms with E-state index < -0.39 is 0 Å². The second kappa shape index (κ2) is 6.64. The minimum absolute atomic E-state index is 0.0370. The van der Waals surface area contributed by atoms with Crippen molar-refractivity contribution >= 4 is 11.8 Å². The number of tetrazole rings is 1. The first kappa shape index (κ1) is 15.4. The lowest BCUT2D eigenvalue weighted by molar-refractivity contribution is -0.138. The Kier molecular flexibility index (Phi) is 4.87. The molecule has 0 spiro atoms. The standard InChI is InChI=1S/C13H22N6O2/c1-8(2)13(21)19-6-4-5-10(7-19)12(20)14-9(3)11-15-17-18-16-11/h8-10H,4-7H2,1-3H3,(H,14,20)(H,15,16,17,18). The van der Waals surface area contributed by atoms with Crippen LogP contribution >= 0.6 is 0 Å². The van der Waals surface area contributed by atoms with Crippen LogP contribution in [0.5, 0.6) is 0 Å². The van der Waals surface area contributed by atoms with Gasteiger partial charge in [-0.3, -0.25) is 9.59 Å². The van der Waals surface area contributed by atoms with Crippen molar-refractivity contribution in [3.8, 4) is 0 Å². The molecule has 116 valence electrons. The van der Waals surface area contributed by atoms with Gasteiger partial charge in [0.2, 0.25) is 11.8 Å². The Balaban J connectivity index is 1.91. The number of hydrogen-bond acceptors (Lipinski definition) is 5. The molecule has 1 aliphatic rings. The largest absolute Gasteiger partial charge is 0.346 e. The zero-order chi connectivity index (χ0) is 15.4. The van der Waals surface area contributed by atoms with Gasteiger partial charge in [-0.05, 0) is 19.8 Å². The van der Waals surface area contributed by atoms with Gasteiger partial charge in [0.05, 0.1) is 12.0 Å². The van der Waals surface area contributed by atoms with E-state index >= 15 is 0 Å². The van der Waals surface area contributed by atoms with E-state index in [1.54, 1.807) is 4.90 Å². The van der Waals surface area contributed by atoms with Gasteiger partial charge in [-0.1, -0.05) is 19.1 Å². The number of aromatic amines is 1. The molecule has 2 heterocycles. The molecular weight excluding hydrogens is 272 g/mol. The Morgan fingerprint density at radius 2 is 2.14 bits per heavy atom. The van der Waals surface area contributed by atoms with Crippen LogP contribution in [0.15, 0.2) is 0 Å². The average Bonchev–Trinajstić information content (AvgIpc) is 3.00. The Hall–Kier alpha value is -1.99. The predicted molar refractivity (Wildman–Crippen MR) is 74.9 cm³/mol. The number of H-pyrrole nitrogens is 1. The summed E-state index contributed by atoms with van der Waals surface area (Å²) in [4.78, 5) is 26.1. The highest BCUT2D eigenvalue weighted by Gasteiger charge is 2.30. The van der Waals surface area contributed by atoms with E-state index in [0.29, 0.717) is 12.4 Å². The zero-order valence-electron chi connectivity index (χ0n) is 12.7. The van der Waals surface area contributed by atoms with Crippen molar-refractivity contribution in [1.29, 1.82) is 0 Å². The van der Waals surface area contributed by atoms with Crippen molar-refractivity contribution in [3.63, 3.8) is 0 Å². The molecule has 2 atom stereocenters. The molecule has 2 N–H and O–H groups in total.